The fraction of sp³-hybridized carbons (Fsp3) is 0.417. The number of piperidine rings is 1. The SMILES string of the molecule is CC1CCN(c2ccc([C@H](C)NC(=S)Nc3ccc(C(=O)N(C)C)cc3)cc2)CC1. The zero-order valence-electron chi connectivity index (χ0n) is 18.3. The molecule has 1 aliphatic heterocycles. The molecule has 1 saturated heterocycles. The van der Waals surface area contributed by atoms with Gasteiger partial charge in [-0.3, -0.25) is 4.79 Å². The van der Waals surface area contributed by atoms with Crippen LogP contribution in [0, 0.1) is 5.92 Å². The van der Waals surface area contributed by atoms with Crippen LogP contribution in [0.15, 0.2) is 48.5 Å². The molecule has 1 amide bonds. The van der Waals surface area contributed by atoms with Crippen molar-refractivity contribution < 1.29 is 4.79 Å². The Morgan fingerprint density at radius 2 is 1.67 bits per heavy atom. The van der Waals surface area contributed by atoms with Gasteiger partial charge in [-0.1, -0.05) is 19.1 Å². The summed E-state index contributed by atoms with van der Waals surface area (Å²) >= 11 is 5.47. The van der Waals surface area contributed by atoms with E-state index in [2.05, 4.69) is 53.6 Å². The van der Waals surface area contributed by atoms with E-state index in [0.717, 1.165) is 24.7 Å². The first-order chi connectivity index (χ1) is 14.3. The number of amides is 1. The number of hydrogen-bond acceptors (Lipinski definition) is 3. The van der Waals surface area contributed by atoms with Crippen LogP contribution in [0.4, 0.5) is 11.4 Å². The van der Waals surface area contributed by atoms with Crippen molar-refractivity contribution in [3.8, 4) is 0 Å². The van der Waals surface area contributed by atoms with E-state index in [4.69, 9.17) is 12.2 Å². The number of benzene rings is 2. The van der Waals surface area contributed by atoms with Crippen LogP contribution in [0.5, 0.6) is 0 Å². The molecule has 0 unspecified atom stereocenters. The minimum Gasteiger partial charge on any atom is -0.372 e. The molecule has 2 N–H and O–H groups in total. The Hall–Kier alpha value is -2.60. The van der Waals surface area contributed by atoms with Gasteiger partial charge >= 0.3 is 0 Å². The topological polar surface area (TPSA) is 47.6 Å². The van der Waals surface area contributed by atoms with Crippen LogP contribution in [0.2, 0.25) is 0 Å². The van der Waals surface area contributed by atoms with E-state index in [9.17, 15) is 4.79 Å². The molecule has 2 aromatic carbocycles. The molecule has 1 aliphatic rings. The predicted octanol–water partition coefficient (Wildman–Crippen LogP) is 4.67. The van der Waals surface area contributed by atoms with E-state index in [-0.39, 0.29) is 11.9 Å². The van der Waals surface area contributed by atoms with Crippen molar-refractivity contribution in [2.75, 3.05) is 37.4 Å². The van der Waals surface area contributed by atoms with Crippen molar-refractivity contribution in [3.63, 3.8) is 0 Å². The molecule has 6 heteroatoms. The van der Waals surface area contributed by atoms with E-state index >= 15 is 0 Å². The molecule has 3 rings (SSSR count). The highest BCUT2D eigenvalue weighted by molar-refractivity contribution is 7.80. The maximum atomic E-state index is 12.0. The number of nitrogens with zero attached hydrogens (tertiary/aromatic N) is 2. The fourth-order valence-corrected chi connectivity index (χ4v) is 3.94. The molecule has 0 spiro atoms. The van der Waals surface area contributed by atoms with Crippen LogP contribution < -0.4 is 15.5 Å². The third-order valence-electron chi connectivity index (χ3n) is 5.69. The summed E-state index contributed by atoms with van der Waals surface area (Å²) < 4.78 is 0. The van der Waals surface area contributed by atoms with Gasteiger partial charge in [0.1, 0.15) is 0 Å². The van der Waals surface area contributed by atoms with Crippen LogP contribution in [0.1, 0.15) is 48.7 Å². The molecule has 0 aliphatic carbocycles. The van der Waals surface area contributed by atoms with E-state index in [1.54, 1.807) is 31.1 Å². The molecule has 1 heterocycles. The maximum Gasteiger partial charge on any atom is 0.253 e. The lowest BCUT2D eigenvalue weighted by atomic mass is 9.98. The summed E-state index contributed by atoms with van der Waals surface area (Å²) in [5.41, 5.74) is 4.00. The molecule has 0 saturated carbocycles. The van der Waals surface area contributed by atoms with Gasteiger partial charge in [-0.2, -0.15) is 0 Å². The molecule has 0 aromatic heterocycles. The number of carbonyl (C=O) groups is 1. The summed E-state index contributed by atoms with van der Waals surface area (Å²) in [6.07, 6.45) is 2.54. The van der Waals surface area contributed by atoms with Crippen molar-refractivity contribution in [2.24, 2.45) is 5.92 Å². The maximum absolute atomic E-state index is 12.0. The lowest BCUT2D eigenvalue weighted by Crippen LogP contribution is -2.33. The summed E-state index contributed by atoms with van der Waals surface area (Å²) in [6.45, 7) is 6.72. The van der Waals surface area contributed by atoms with Crippen LogP contribution in [-0.2, 0) is 0 Å². The van der Waals surface area contributed by atoms with Crippen LogP contribution in [0.3, 0.4) is 0 Å². The molecule has 5 nitrogen and oxygen atoms in total. The third kappa shape index (κ3) is 5.72. The Bertz CT molecular complexity index is 856. The quantitative estimate of drug-likeness (QED) is 0.683. The molecule has 160 valence electrons. The summed E-state index contributed by atoms with van der Waals surface area (Å²) in [5.74, 6) is 0.821. The van der Waals surface area contributed by atoms with Gasteiger partial charge in [0.05, 0.1) is 6.04 Å². The molecule has 1 atom stereocenters. The van der Waals surface area contributed by atoms with Gasteiger partial charge < -0.3 is 20.4 Å². The van der Waals surface area contributed by atoms with Gasteiger partial charge in [-0.05, 0) is 79.9 Å². The average Bonchev–Trinajstić information content (AvgIpc) is 2.74. The minimum absolute atomic E-state index is 0.0154. The third-order valence-corrected chi connectivity index (χ3v) is 5.91. The standard InChI is InChI=1S/C24H32N4OS/c1-17-13-15-28(16-14-17)22-11-7-19(8-12-22)18(2)25-24(30)26-21-9-5-20(6-10-21)23(29)27(3)4/h5-12,17-18H,13-16H2,1-4H3,(H2,25,26,30)/t18-/m0/s1. The Kier molecular flexibility index (Phi) is 7.32. The molecule has 1 fully saturated rings. The first-order valence-electron chi connectivity index (χ1n) is 10.6. The highest BCUT2D eigenvalue weighted by atomic mass is 32.1. The number of hydrogen-bond donors (Lipinski definition) is 2. The number of thiocarbonyl (C=S) groups is 1. The second-order valence-corrected chi connectivity index (χ2v) is 8.77. The predicted molar refractivity (Wildman–Crippen MR) is 129 cm³/mol. The van der Waals surface area contributed by atoms with Gasteiger partial charge in [0.25, 0.3) is 5.91 Å². The van der Waals surface area contributed by atoms with Gasteiger partial charge in [0, 0.05) is 44.1 Å². The Morgan fingerprint density at radius 3 is 2.23 bits per heavy atom. The number of carbonyl (C=O) groups excluding carboxylic acids is 1. The monoisotopic (exact) mass is 424 g/mol. The molecular weight excluding hydrogens is 392 g/mol. The lowest BCUT2D eigenvalue weighted by Gasteiger charge is -2.32. The first-order valence-corrected chi connectivity index (χ1v) is 11.0. The number of anilines is 2. The zero-order valence-corrected chi connectivity index (χ0v) is 19.1. The first kappa shape index (κ1) is 22.1. The van der Waals surface area contributed by atoms with Gasteiger partial charge in [-0.15, -0.1) is 0 Å². The van der Waals surface area contributed by atoms with Crippen LogP contribution in [0.25, 0.3) is 0 Å². The Labute approximate surface area is 185 Å². The molecule has 0 bridgehead atoms. The largest absolute Gasteiger partial charge is 0.372 e. The number of rotatable bonds is 5. The van der Waals surface area contributed by atoms with E-state index in [1.807, 2.05) is 12.1 Å². The van der Waals surface area contributed by atoms with Crippen molar-refractivity contribution in [1.29, 1.82) is 0 Å². The van der Waals surface area contributed by atoms with Crippen molar-refractivity contribution in [2.45, 2.75) is 32.7 Å². The molecule has 2 aromatic rings. The van der Waals surface area contributed by atoms with Crippen molar-refractivity contribution in [1.82, 2.24) is 10.2 Å². The van der Waals surface area contributed by atoms with Gasteiger partial charge in [-0.25, -0.2) is 0 Å². The highest BCUT2D eigenvalue weighted by Gasteiger charge is 2.16. The highest BCUT2D eigenvalue weighted by Crippen LogP contribution is 2.24. The van der Waals surface area contributed by atoms with Gasteiger partial charge in [0.15, 0.2) is 5.11 Å². The van der Waals surface area contributed by atoms with Crippen LogP contribution in [-0.4, -0.2) is 43.1 Å². The van der Waals surface area contributed by atoms with E-state index < -0.39 is 0 Å². The Morgan fingerprint density at radius 1 is 1.07 bits per heavy atom. The van der Waals surface area contributed by atoms with Crippen LogP contribution >= 0.6 is 12.2 Å². The molecule has 30 heavy (non-hydrogen) atoms. The lowest BCUT2D eigenvalue weighted by molar-refractivity contribution is 0.0827. The second-order valence-electron chi connectivity index (χ2n) is 8.36. The number of nitrogens with one attached hydrogen (secondary N) is 2. The fourth-order valence-electron chi connectivity index (χ4n) is 3.64. The van der Waals surface area contributed by atoms with Gasteiger partial charge in [0.2, 0.25) is 0 Å². The molecule has 0 radical (unpaired) electrons. The smallest absolute Gasteiger partial charge is 0.253 e. The van der Waals surface area contributed by atoms with Crippen molar-refractivity contribution >= 4 is 34.6 Å². The summed E-state index contributed by atoms with van der Waals surface area (Å²) in [5, 5.41) is 7.09. The van der Waals surface area contributed by atoms with E-state index in [1.165, 1.54) is 24.1 Å². The van der Waals surface area contributed by atoms with Crippen molar-refractivity contribution in [3.05, 3.63) is 59.7 Å². The van der Waals surface area contributed by atoms with E-state index in [0.29, 0.717) is 10.7 Å². The minimum atomic E-state index is -0.0154. The second kappa shape index (κ2) is 9.94. The zero-order chi connectivity index (χ0) is 21.7. The summed E-state index contributed by atoms with van der Waals surface area (Å²) in [4.78, 5) is 16.0. The molecular formula is C24H32N4OS. The summed E-state index contributed by atoms with van der Waals surface area (Å²) in [6, 6.07) is 16.2. The summed E-state index contributed by atoms with van der Waals surface area (Å²) in [7, 11) is 3.49. The Balaban J connectivity index is 1.53. The average molecular weight is 425 g/mol. The normalized spacial score (nSPS) is 15.4.